The van der Waals surface area contributed by atoms with Gasteiger partial charge in [-0.2, -0.15) is 0 Å². The average molecular weight is 308 g/mol. The minimum absolute atomic E-state index is 0.112. The lowest BCUT2D eigenvalue weighted by Gasteiger charge is -2.14. The van der Waals surface area contributed by atoms with Crippen LogP contribution in [0.3, 0.4) is 0 Å². The third kappa shape index (κ3) is 2.54. The van der Waals surface area contributed by atoms with Gasteiger partial charge in [-0.25, -0.2) is 4.68 Å². The van der Waals surface area contributed by atoms with Gasteiger partial charge < -0.3 is 10.8 Å². The van der Waals surface area contributed by atoms with Crippen LogP contribution in [-0.2, 0) is 10.3 Å². The molecular weight excluding hydrogens is 298 g/mol. The Morgan fingerprint density at radius 1 is 1.22 bits per heavy atom. The molecule has 0 radical (unpaired) electrons. The number of hydrogen-bond acceptors (Lipinski definition) is 4. The fraction of sp³-hybridized carbons (Fsp3) is 0.200. The summed E-state index contributed by atoms with van der Waals surface area (Å²) in [5.74, 6) is 0.133. The molecule has 0 spiro atoms. The van der Waals surface area contributed by atoms with Crippen molar-refractivity contribution in [1.29, 1.82) is 0 Å². The smallest absolute Gasteiger partial charge is 0.234 e. The Morgan fingerprint density at radius 2 is 1.83 bits per heavy atom. The molecule has 96 valence electrons. The van der Waals surface area contributed by atoms with E-state index in [1.165, 1.54) is 16.8 Å². The summed E-state index contributed by atoms with van der Waals surface area (Å²) in [6.45, 7) is 0.112. The summed E-state index contributed by atoms with van der Waals surface area (Å²) in [6, 6.07) is 6.26. The Morgan fingerprint density at radius 3 is 2.33 bits per heavy atom. The highest BCUT2D eigenvalue weighted by Gasteiger charge is 2.32. The van der Waals surface area contributed by atoms with E-state index in [4.69, 9.17) is 40.5 Å². The number of halogens is 3. The molecule has 0 aliphatic carbocycles. The maximum atomic E-state index is 9.24. The molecule has 2 aromatic rings. The van der Waals surface area contributed by atoms with Gasteiger partial charge in [0.15, 0.2) is 0 Å². The standard InChI is InChI=1S/C10H9Cl3N4O/c11-10(12,13)9-8(5-14)15-16-17(9)6-1-3-7(18)4-2-6/h1-4,18H,5,14H2. The van der Waals surface area contributed by atoms with Crippen molar-refractivity contribution >= 4 is 34.8 Å². The van der Waals surface area contributed by atoms with Crippen LogP contribution >= 0.6 is 34.8 Å². The summed E-state index contributed by atoms with van der Waals surface area (Å²) in [5, 5.41) is 17.0. The van der Waals surface area contributed by atoms with Crippen molar-refractivity contribution in [3.8, 4) is 11.4 Å². The molecule has 1 aromatic heterocycles. The molecule has 0 fully saturated rings. The van der Waals surface area contributed by atoms with Crippen molar-refractivity contribution in [3.63, 3.8) is 0 Å². The highest BCUT2D eigenvalue weighted by molar-refractivity contribution is 6.66. The predicted molar refractivity (Wildman–Crippen MR) is 70.2 cm³/mol. The van der Waals surface area contributed by atoms with E-state index in [-0.39, 0.29) is 12.3 Å². The minimum atomic E-state index is -1.68. The van der Waals surface area contributed by atoms with Crippen molar-refractivity contribution in [2.45, 2.75) is 10.3 Å². The topological polar surface area (TPSA) is 77.0 Å². The molecule has 0 aliphatic rings. The van der Waals surface area contributed by atoms with E-state index in [9.17, 15) is 5.11 Å². The largest absolute Gasteiger partial charge is 0.508 e. The van der Waals surface area contributed by atoms with Gasteiger partial charge in [-0.1, -0.05) is 40.0 Å². The molecule has 5 nitrogen and oxygen atoms in total. The quantitative estimate of drug-likeness (QED) is 0.834. The van der Waals surface area contributed by atoms with E-state index < -0.39 is 3.79 Å². The van der Waals surface area contributed by atoms with E-state index in [0.29, 0.717) is 17.1 Å². The summed E-state index contributed by atoms with van der Waals surface area (Å²) in [7, 11) is 0. The van der Waals surface area contributed by atoms with Crippen molar-refractivity contribution in [3.05, 3.63) is 35.7 Å². The number of phenolic OH excluding ortho intramolecular Hbond substituents is 1. The van der Waals surface area contributed by atoms with Crippen LogP contribution in [0.4, 0.5) is 0 Å². The summed E-state index contributed by atoms with van der Waals surface area (Å²) in [5.41, 5.74) is 6.84. The van der Waals surface area contributed by atoms with Crippen LogP contribution in [0.5, 0.6) is 5.75 Å². The number of phenols is 1. The fourth-order valence-electron chi connectivity index (χ4n) is 1.51. The van der Waals surface area contributed by atoms with E-state index >= 15 is 0 Å². The van der Waals surface area contributed by atoms with Crippen molar-refractivity contribution in [2.75, 3.05) is 0 Å². The van der Waals surface area contributed by atoms with Gasteiger partial charge in [0.1, 0.15) is 17.1 Å². The summed E-state index contributed by atoms with van der Waals surface area (Å²) >= 11 is 17.7. The van der Waals surface area contributed by atoms with E-state index in [0.717, 1.165) is 0 Å². The monoisotopic (exact) mass is 306 g/mol. The Labute approximate surface area is 118 Å². The molecular formula is C10H9Cl3N4O. The second kappa shape index (κ2) is 4.93. The van der Waals surface area contributed by atoms with Crippen LogP contribution in [0, 0.1) is 0 Å². The van der Waals surface area contributed by atoms with E-state index in [1.807, 2.05) is 0 Å². The van der Waals surface area contributed by atoms with Crippen LogP contribution in [0.15, 0.2) is 24.3 Å². The molecule has 0 amide bonds. The molecule has 18 heavy (non-hydrogen) atoms. The van der Waals surface area contributed by atoms with Crippen LogP contribution in [0.25, 0.3) is 5.69 Å². The maximum Gasteiger partial charge on any atom is 0.234 e. The highest BCUT2D eigenvalue weighted by atomic mass is 35.6. The number of benzene rings is 1. The van der Waals surface area contributed by atoms with Crippen molar-refractivity contribution in [2.24, 2.45) is 5.73 Å². The van der Waals surface area contributed by atoms with Crippen molar-refractivity contribution in [1.82, 2.24) is 15.0 Å². The maximum absolute atomic E-state index is 9.24. The van der Waals surface area contributed by atoms with Gasteiger partial charge >= 0.3 is 0 Å². The first-order chi connectivity index (χ1) is 8.43. The molecule has 3 N–H and O–H groups in total. The number of rotatable bonds is 2. The van der Waals surface area contributed by atoms with Gasteiger partial charge in [0.05, 0.1) is 5.69 Å². The number of nitrogens with zero attached hydrogens (tertiary/aromatic N) is 3. The summed E-state index contributed by atoms with van der Waals surface area (Å²) in [6.07, 6.45) is 0. The van der Waals surface area contributed by atoms with Crippen molar-refractivity contribution < 1.29 is 5.11 Å². The Hall–Kier alpha value is -1.01. The molecule has 0 unspecified atom stereocenters. The molecule has 0 saturated heterocycles. The zero-order valence-electron chi connectivity index (χ0n) is 9.02. The third-order valence-corrected chi connectivity index (χ3v) is 2.83. The molecule has 0 saturated carbocycles. The zero-order chi connectivity index (χ0) is 13.3. The van der Waals surface area contributed by atoms with Gasteiger partial charge in [-0.05, 0) is 24.3 Å². The zero-order valence-corrected chi connectivity index (χ0v) is 11.3. The summed E-state index contributed by atoms with van der Waals surface area (Å²) in [4.78, 5) is 0. The van der Waals surface area contributed by atoms with Gasteiger partial charge in [-0.3, -0.25) is 0 Å². The normalized spacial score (nSPS) is 11.8. The Balaban J connectivity index is 2.58. The number of aromatic hydroxyl groups is 1. The minimum Gasteiger partial charge on any atom is -0.508 e. The number of alkyl halides is 3. The number of hydrogen-bond donors (Lipinski definition) is 2. The highest BCUT2D eigenvalue weighted by Crippen LogP contribution is 2.40. The average Bonchev–Trinajstić information content (AvgIpc) is 2.73. The molecule has 8 heteroatoms. The van der Waals surface area contributed by atoms with E-state index in [1.54, 1.807) is 12.1 Å². The molecule has 0 atom stereocenters. The predicted octanol–water partition coefficient (Wildman–Crippen LogP) is 2.26. The number of nitrogens with two attached hydrogens (primary N) is 1. The first-order valence-electron chi connectivity index (χ1n) is 4.94. The lowest BCUT2D eigenvalue weighted by molar-refractivity contribution is 0.475. The van der Waals surface area contributed by atoms with Crippen LogP contribution in [-0.4, -0.2) is 20.1 Å². The van der Waals surface area contributed by atoms with Crippen LogP contribution < -0.4 is 5.73 Å². The number of aromatic nitrogens is 3. The lowest BCUT2D eigenvalue weighted by atomic mass is 10.3. The van der Waals surface area contributed by atoms with E-state index in [2.05, 4.69) is 10.3 Å². The lowest BCUT2D eigenvalue weighted by Crippen LogP contribution is -2.14. The van der Waals surface area contributed by atoms with Gasteiger partial charge in [-0.15, -0.1) is 5.10 Å². The molecule has 0 aliphatic heterocycles. The SMILES string of the molecule is NCc1nnn(-c2ccc(O)cc2)c1C(Cl)(Cl)Cl. The van der Waals surface area contributed by atoms with Gasteiger partial charge in [0, 0.05) is 6.54 Å². The molecule has 1 aromatic carbocycles. The second-order valence-corrected chi connectivity index (χ2v) is 5.80. The van der Waals surface area contributed by atoms with Crippen LogP contribution in [0.2, 0.25) is 0 Å². The third-order valence-electron chi connectivity index (χ3n) is 2.30. The molecule has 2 rings (SSSR count). The second-order valence-electron chi connectivity index (χ2n) is 3.51. The van der Waals surface area contributed by atoms with Crippen LogP contribution in [0.1, 0.15) is 11.4 Å². The Kier molecular flexibility index (Phi) is 3.68. The first-order valence-corrected chi connectivity index (χ1v) is 6.08. The van der Waals surface area contributed by atoms with Gasteiger partial charge in [0.25, 0.3) is 0 Å². The molecule has 1 heterocycles. The molecule has 0 bridgehead atoms. The summed E-state index contributed by atoms with van der Waals surface area (Å²) < 4.78 is -0.301. The fourth-order valence-corrected chi connectivity index (χ4v) is 2.08. The first kappa shape index (κ1) is 13.4. The van der Waals surface area contributed by atoms with Gasteiger partial charge in [0.2, 0.25) is 3.79 Å². The Bertz CT molecular complexity index is 547.